The van der Waals surface area contributed by atoms with E-state index in [1.807, 2.05) is 41.4 Å². The van der Waals surface area contributed by atoms with Gasteiger partial charge in [-0.15, -0.1) is 0 Å². The second kappa shape index (κ2) is 5.26. The number of pyridine rings is 1. The molecule has 3 heterocycles. The average molecular weight is 256 g/mol. The fraction of sp³-hybridized carbons (Fsp3) is 0.333. The Hall–Kier alpha value is -2.10. The van der Waals surface area contributed by atoms with E-state index < -0.39 is 0 Å². The molecule has 98 valence electrons. The van der Waals surface area contributed by atoms with Crippen molar-refractivity contribution in [3.63, 3.8) is 0 Å². The summed E-state index contributed by atoms with van der Waals surface area (Å²) in [5.74, 6) is 1.22. The molecule has 0 radical (unpaired) electrons. The second-order valence-electron chi connectivity index (χ2n) is 4.84. The Kier molecular flexibility index (Phi) is 3.31. The molecule has 3 rings (SSSR count). The molecule has 1 fully saturated rings. The van der Waals surface area contributed by atoms with Gasteiger partial charge in [0.15, 0.2) is 0 Å². The van der Waals surface area contributed by atoms with Gasteiger partial charge in [0, 0.05) is 30.9 Å². The number of furan rings is 1. The van der Waals surface area contributed by atoms with E-state index in [1.165, 1.54) is 0 Å². The maximum absolute atomic E-state index is 12.1. The molecule has 19 heavy (non-hydrogen) atoms. The third-order valence-electron chi connectivity index (χ3n) is 3.55. The predicted octanol–water partition coefficient (Wildman–Crippen LogP) is 2.23. The lowest BCUT2D eigenvalue weighted by Gasteiger charge is -2.15. The highest BCUT2D eigenvalue weighted by atomic mass is 16.3. The molecule has 0 saturated carbocycles. The van der Waals surface area contributed by atoms with Crippen molar-refractivity contribution in [2.24, 2.45) is 0 Å². The Balaban J connectivity index is 1.61. The molecule has 1 amide bonds. The SMILES string of the molecule is O=C(Cc1ccco1)N1CCC(c2ccccn2)C1. The fourth-order valence-electron chi connectivity index (χ4n) is 2.52. The van der Waals surface area contributed by atoms with Crippen molar-refractivity contribution >= 4 is 5.91 Å². The van der Waals surface area contributed by atoms with E-state index in [0.717, 1.165) is 31.0 Å². The first-order valence-electron chi connectivity index (χ1n) is 6.54. The van der Waals surface area contributed by atoms with Gasteiger partial charge in [0.1, 0.15) is 5.76 Å². The third kappa shape index (κ3) is 2.67. The Morgan fingerprint density at radius 2 is 2.32 bits per heavy atom. The molecule has 2 aromatic rings. The maximum atomic E-state index is 12.1. The monoisotopic (exact) mass is 256 g/mol. The van der Waals surface area contributed by atoms with Crippen LogP contribution in [0.25, 0.3) is 0 Å². The van der Waals surface area contributed by atoms with Crippen LogP contribution in [0.15, 0.2) is 47.2 Å². The molecule has 1 aliphatic rings. The number of hydrogen-bond acceptors (Lipinski definition) is 3. The molecular formula is C15H16N2O2. The first kappa shape index (κ1) is 12.0. The van der Waals surface area contributed by atoms with Gasteiger partial charge in [-0.2, -0.15) is 0 Å². The number of nitrogens with zero attached hydrogens (tertiary/aromatic N) is 2. The lowest BCUT2D eigenvalue weighted by Crippen LogP contribution is -2.29. The van der Waals surface area contributed by atoms with Crippen molar-refractivity contribution in [1.82, 2.24) is 9.88 Å². The van der Waals surface area contributed by atoms with Gasteiger partial charge < -0.3 is 9.32 Å². The Morgan fingerprint density at radius 1 is 1.37 bits per heavy atom. The molecule has 4 nitrogen and oxygen atoms in total. The molecular weight excluding hydrogens is 240 g/mol. The third-order valence-corrected chi connectivity index (χ3v) is 3.55. The second-order valence-corrected chi connectivity index (χ2v) is 4.84. The number of carbonyl (C=O) groups excluding carboxylic acids is 1. The molecule has 1 saturated heterocycles. The molecule has 2 aromatic heterocycles. The summed E-state index contributed by atoms with van der Waals surface area (Å²) in [7, 11) is 0. The van der Waals surface area contributed by atoms with Crippen LogP contribution in [0.1, 0.15) is 23.8 Å². The van der Waals surface area contributed by atoms with Gasteiger partial charge in [-0.1, -0.05) is 6.07 Å². The highest BCUT2D eigenvalue weighted by Crippen LogP contribution is 2.25. The molecule has 0 bridgehead atoms. The van der Waals surface area contributed by atoms with Crippen molar-refractivity contribution in [3.05, 3.63) is 54.2 Å². The van der Waals surface area contributed by atoms with Gasteiger partial charge in [-0.3, -0.25) is 9.78 Å². The zero-order chi connectivity index (χ0) is 13.1. The minimum atomic E-state index is 0.133. The topological polar surface area (TPSA) is 46.3 Å². The van der Waals surface area contributed by atoms with E-state index in [0.29, 0.717) is 12.3 Å². The largest absolute Gasteiger partial charge is 0.469 e. The average Bonchev–Trinajstić information content (AvgIpc) is 3.10. The van der Waals surface area contributed by atoms with Crippen molar-refractivity contribution < 1.29 is 9.21 Å². The number of hydrogen-bond donors (Lipinski definition) is 0. The van der Waals surface area contributed by atoms with Crippen molar-refractivity contribution in [1.29, 1.82) is 0 Å². The van der Waals surface area contributed by atoms with Crippen LogP contribution in [0, 0.1) is 0 Å². The Morgan fingerprint density at radius 3 is 3.05 bits per heavy atom. The normalized spacial score (nSPS) is 18.7. The Labute approximate surface area is 112 Å². The number of rotatable bonds is 3. The van der Waals surface area contributed by atoms with Crippen molar-refractivity contribution in [3.8, 4) is 0 Å². The van der Waals surface area contributed by atoms with Crippen molar-refractivity contribution in [2.45, 2.75) is 18.8 Å². The standard InChI is InChI=1S/C15H16N2O2/c18-15(10-13-4-3-9-19-13)17-8-6-12(11-17)14-5-1-2-7-16-14/h1-5,7,9,12H,6,8,10-11H2. The summed E-state index contributed by atoms with van der Waals surface area (Å²) >= 11 is 0. The van der Waals surface area contributed by atoms with Crippen LogP contribution < -0.4 is 0 Å². The highest BCUT2D eigenvalue weighted by molar-refractivity contribution is 5.78. The summed E-state index contributed by atoms with van der Waals surface area (Å²) in [6.45, 7) is 1.57. The number of amides is 1. The molecule has 1 atom stereocenters. The van der Waals surface area contributed by atoms with Crippen LogP contribution >= 0.6 is 0 Å². The fourth-order valence-corrected chi connectivity index (χ4v) is 2.52. The Bertz CT molecular complexity index is 537. The van der Waals surface area contributed by atoms with Crippen LogP contribution in [0.5, 0.6) is 0 Å². The smallest absolute Gasteiger partial charge is 0.230 e. The molecule has 0 aromatic carbocycles. The van der Waals surface area contributed by atoms with Crippen LogP contribution in [-0.2, 0) is 11.2 Å². The first-order chi connectivity index (χ1) is 9.33. The van der Waals surface area contributed by atoms with Crippen LogP contribution in [0.4, 0.5) is 0 Å². The minimum absolute atomic E-state index is 0.133. The number of likely N-dealkylation sites (tertiary alicyclic amines) is 1. The van der Waals surface area contributed by atoms with E-state index >= 15 is 0 Å². The first-order valence-corrected chi connectivity index (χ1v) is 6.54. The van der Waals surface area contributed by atoms with Gasteiger partial charge in [-0.05, 0) is 30.7 Å². The molecule has 1 unspecified atom stereocenters. The molecule has 0 aliphatic carbocycles. The van der Waals surface area contributed by atoms with Crippen LogP contribution in [-0.4, -0.2) is 28.9 Å². The van der Waals surface area contributed by atoms with E-state index in [9.17, 15) is 4.79 Å². The number of carbonyl (C=O) groups is 1. The maximum Gasteiger partial charge on any atom is 0.230 e. The lowest BCUT2D eigenvalue weighted by atomic mass is 10.0. The van der Waals surface area contributed by atoms with Crippen LogP contribution in [0.3, 0.4) is 0 Å². The summed E-state index contributed by atoms with van der Waals surface area (Å²) < 4.78 is 5.22. The van der Waals surface area contributed by atoms with Gasteiger partial charge >= 0.3 is 0 Å². The number of aromatic nitrogens is 1. The van der Waals surface area contributed by atoms with E-state index in [2.05, 4.69) is 4.98 Å². The van der Waals surface area contributed by atoms with Crippen molar-refractivity contribution in [2.75, 3.05) is 13.1 Å². The molecule has 4 heteroatoms. The summed E-state index contributed by atoms with van der Waals surface area (Å²) in [5, 5.41) is 0. The zero-order valence-corrected chi connectivity index (χ0v) is 10.7. The highest BCUT2D eigenvalue weighted by Gasteiger charge is 2.28. The predicted molar refractivity (Wildman–Crippen MR) is 70.6 cm³/mol. The van der Waals surface area contributed by atoms with Gasteiger partial charge in [0.25, 0.3) is 0 Å². The molecule has 0 spiro atoms. The summed E-state index contributed by atoms with van der Waals surface area (Å²) in [4.78, 5) is 18.4. The zero-order valence-electron chi connectivity index (χ0n) is 10.7. The van der Waals surface area contributed by atoms with Gasteiger partial charge in [0.05, 0.1) is 12.7 Å². The van der Waals surface area contributed by atoms with E-state index in [-0.39, 0.29) is 5.91 Å². The van der Waals surface area contributed by atoms with Gasteiger partial charge in [-0.25, -0.2) is 0 Å². The van der Waals surface area contributed by atoms with E-state index in [4.69, 9.17) is 4.42 Å². The van der Waals surface area contributed by atoms with Gasteiger partial charge in [0.2, 0.25) is 5.91 Å². The minimum Gasteiger partial charge on any atom is -0.469 e. The lowest BCUT2D eigenvalue weighted by molar-refractivity contribution is -0.129. The summed E-state index contributed by atoms with van der Waals surface area (Å²) in [6.07, 6.45) is 4.74. The molecule has 1 aliphatic heterocycles. The summed E-state index contributed by atoms with van der Waals surface area (Å²) in [6, 6.07) is 9.59. The van der Waals surface area contributed by atoms with E-state index in [1.54, 1.807) is 6.26 Å². The quantitative estimate of drug-likeness (QED) is 0.846. The van der Waals surface area contributed by atoms with Crippen LogP contribution in [0.2, 0.25) is 0 Å². The summed E-state index contributed by atoms with van der Waals surface area (Å²) in [5.41, 5.74) is 1.08. The molecule has 0 N–H and O–H groups in total.